The summed E-state index contributed by atoms with van der Waals surface area (Å²) in [6, 6.07) is 10.9. The van der Waals surface area contributed by atoms with Crippen molar-refractivity contribution < 1.29 is 19.3 Å². The SMILES string of the molecule is O=C(Nc1nnc(CN2C(=O)c3ccccc3C2=O)s1)c1ccc(N2CCCC2)c([N+](=O)[O-])c1. The zero-order valence-electron chi connectivity index (χ0n) is 17.8. The molecule has 172 valence electrons. The second kappa shape index (κ2) is 8.63. The van der Waals surface area contributed by atoms with Crippen LogP contribution in [0.1, 0.15) is 48.9 Å². The zero-order valence-corrected chi connectivity index (χ0v) is 18.6. The molecule has 11 nitrogen and oxygen atoms in total. The van der Waals surface area contributed by atoms with Gasteiger partial charge in [-0.05, 0) is 37.1 Å². The van der Waals surface area contributed by atoms with Gasteiger partial charge in [0.1, 0.15) is 10.7 Å². The van der Waals surface area contributed by atoms with Crippen LogP contribution in [-0.4, -0.2) is 50.8 Å². The molecule has 1 N–H and O–H groups in total. The van der Waals surface area contributed by atoms with Crippen LogP contribution in [0.4, 0.5) is 16.5 Å². The topological polar surface area (TPSA) is 139 Å². The van der Waals surface area contributed by atoms with Gasteiger partial charge in [0.05, 0.1) is 22.6 Å². The molecular weight excluding hydrogens is 460 g/mol. The number of nitro benzene ring substituents is 1. The van der Waals surface area contributed by atoms with Crippen molar-refractivity contribution in [3.63, 3.8) is 0 Å². The first-order valence-electron chi connectivity index (χ1n) is 10.5. The quantitative estimate of drug-likeness (QED) is 0.324. The molecule has 0 saturated carbocycles. The molecule has 1 fully saturated rings. The molecule has 5 rings (SSSR count). The highest BCUT2D eigenvalue weighted by atomic mass is 32.1. The van der Waals surface area contributed by atoms with Gasteiger partial charge in [-0.25, -0.2) is 0 Å². The lowest BCUT2D eigenvalue weighted by atomic mass is 10.1. The van der Waals surface area contributed by atoms with Crippen LogP contribution in [0.25, 0.3) is 0 Å². The van der Waals surface area contributed by atoms with Gasteiger partial charge in [0.15, 0.2) is 0 Å². The van der Waals surface area contributed by atoms with E-state index >= 15 is 0 Å². The van der Waals surface area contributed by atoms with Crippen LogP contribution in [0.3, 0.4) is 0 Å². The Morgan fingerprint density at radius 3 is 2.38 bits per heavy atom. The van der Waals surface area contributed by atoms with E-state index in [-0.39, 0.29) is 22.9 Å². The lowest BCUT2D eigenvalue weighted by Gasteiger charge is -2.17. The van der Waals surface area contributed by atoms with Crippen LogP contribution >= 0.6 is 11.3 Å². The maximum Gasteiger partial charge on any atom is 0.293 e. The molecule has 0 unspecified atom stereocenters. The van der Waals surface area contributed by atoms with Gasteiger partial charge in [0.25, 0.3) is 23.4 Å². The largest absolute Gasteiger partial charge is 0.366 e. The Balaban J connectivity index is 1.29. The summed E-state index contributed by atoms with van der Waals surface area (Å²) in [5.74, 6) is -1.39. The van der Waals surface area contributed by atoms with Crippen LogP contribution < -0.4 is 10.2 Å². The van der Waals surface area contributed by atoms with Crippen molar-refractivity contribution in [3.05, 3.63) is 74.3 Å². The Morgan fingerprint density at radius 1 is 1.06 bits per heavy atom. The molecule has 3 heterocycles. The third-order valence-electron chi connectivity index (χ3n) is 5.74. The summed E-state index contributed by atoms with van der Waals surface area (Å²) in [6.45, 7) is 1.41. The fourth-order valence-electron chi connectivity index (χ4n) is 4.09. The zero-order chi connectivity index (χ0) is 23.8. The van der Waals surface area contributed by atoms with Crippen LogP contribution in [0, 0.1) is 10.1 Å². The van der Waals surface area contributed by atoms with Crippen molar-refractivity contribution in [2.75, 3.05) is 23.3 Å². The van der Waals surface area contributed by atoms with Gasteiger partial charge >= 0.3 is 0 Å². The molecule has 1 saturated heterocycles. The summed E-state index contributed by atoms with van der Waals surface area (Å²) < 4.78 is 0. The van der Waals surface area contributed by atoms with Gasteiger partial charge in [-0.2, -0.15) is 0 Å². The van der Waals surface area contributed by atoms with Crippen LogP contribution in [0.5, 0.6) is 0 Å². The smallest absolute Gasteiger partial charge is 0.293 e. The molecule has 0 aliphatic carbocycles. The Kier molecular flexibility index (Phi) is 5.49. The molecule has 12 heteroatoms. The van der Waals surface area contributed by atoms with Crippen molar-refractivity contribution in [1.29, 1.82) is 0 Å². The van der Waals surface area contributed by atoms with E-state index in [1.54, 1.807) is 30.3 Å². The first kappa shape index (κ1) is 21.6. The Morgan fingerprint density at radius 2 is 1.74 bits per heavy atom. The molecule has 3 amide bonds. The minimum absolute atomic E-state index is 0.0735. The molecular formula is C22H18N6O5S. The number of rotatable bonds is 6. The summed E-state index contributed by atoms with van der Waals surface area (Å²) in [7, 11) is 0. The number of carbonyl (C=O) groups is 3. The number of nitrogens with zero attached hydrogens (tertiary/aromatic N) is 5. The molecule has 0 spiro atoms. The highest BCUT2D eigenvalue weighted by molar-refractivity contribution is 7.15. The van der Waals surface area contributed by atoms with E-state index < -0.39 is 22.6 Å². The number of amides is 3. The Bertz CT molecular complexity index is 1300. The van der Waals surface area contributed by atoms with E-state index in [9.17, 15) is 24.5 Å². The summed E-state index contributed by atoms with van der Waals surface area (Å²) in [5, 5.41) is 22.5. The second-order valence-electron chi connectivity index (χ2n) is 7.85. The number of fused-ring (bicyclic) bond motifs is 1. The van der Waals surface area contributed by atoms with E-state index in [2.05, 4.69) is 15.5 Å². The predicted molar refractivity (Wildman–Crippen MR) is 123 cm³/mol. The van der Waals surface area contributed by atoms with Gasteiger partial charge in [-0.1, -0.05) is 23.5 Å². The number of imide groups is 1. The second-order valence-corrected chi connectivity index (χ2v) is 8.91. The monoisotopic (exact) mass is 478 g/mol. The third-order valence-corrected chi connectivity index (χ3v) is 6.56. The maximum atomic E-state index is 12.7. The number of anilines is 2. The minimum atomic E-state index is -0.570. The van der Waals surface area contributed by atoms with E-state index in [1.165, 1.54) is 12.1 Å². The number of nitrogens with one attached hydrogen (secondary N) is 1. The average molecular weight is 478 g/mol. The summed E-state index contributed by atoms with van der Waals surface area (Å²) >= 11 is 1.02. The molecule has 0 bridgehead atoms. The maximum absolute atomic E-state index is 12.7. The number of hydrogen-bond acceptors (Lipinski definition) is 9. The van der Waals surface area contributed by atoms with Crippen LogP contribution in [0.15, 0.2) is 42.5 Å². The highest BCUT2D eigenvalue weighted by Gasteiger charge is 2.35. The van der Waals surface area contributed by atoms with Crippen molar-refractivity contribution in [1.82, 2.24) is 15.1 Å². The first-order valence-corrected chi connectivity index (χ1v) is 11.4. The van der Waals surface area contributed by atoms with Crippen molar-refractivity contribution >= 4 is 45.6 Å². The Hall–Kier alpha value is -4.19. The summed E-state index contributed by atoms with van der Waals surface area (Å²) in [4.78, 5) is 51.9. The van der Waals surface area contributed by atoms with E-state index in [4.69, 9.17) is 0 Å². The Labute approximate surface area is 197 Å². The predicted octanol–water partition coefficient (Wildman–Crippen LogP) is 3.10. The molecule has 2 aliphatic heterocycles. The van der Waals surface area contributed by atoms with Crippen molar-refractivity contribution in [2.24, 2.45) is 0 Å². The van der Waals surface area contributed by atoms with Gasteiger partial charge in [0, 0.05) is 24.7 Å². The van der Waals surface area contributed by atoms with Gasteiger partial charge in [0.2, 0.25) is 5.13 Å². The molecule has 3 aromatic rings. The first-order chi connectivity index (χ1) is 16.4. The highest BCUT2D eigenvalue weighted by Crippen LogP contribution is 2.32. The number of benzene rings is 2. The summed E-state index contributed by atoms with van der Waals surface area (Å²) in [5.41, 5.74) is 1.16. The van der Waals surface area contributed by atoms with E-state index in [0.29, 0.717) is 21.8 Å². The van der Waals surface area contributed by atoms with Gasteiger partial charge < -0.3 is 4.90 Å². The molecule has 2 aromatic carbocycles. The lowest BCUT2D eigenvalue weighted by Crippen LogP contribution is -2.29. The fourth-order valence-corrected chi connectivity index (χ4v) is 4.82. The number of aromatic nitrogens is 2. The lowest BCUT2D eigenvalue weighted by molar-refractivity contribution is -0.384. The number of carbonyl (C=O) groups excluding carboxylic acids is 3. The third kappa shape index (κ3) is 3.88. The normalized spacial score (nSPS) is 15.1. The van der Waals surface area contributed by atoms with Crippen LogP contribution in [0.2, 0.25) is 0 Å². The number of nitro groups is 1. The standard InChI is InChI=1S/C22H18N6O5S/c29-19(13-7-8-16(17(11-13)28(32)33)26-9-3-4-10-26)23-22-25-24-18(34-22)12-27-20(30)14-5-1-2-6-15(14)21(27)31/h1-2,5-8,11H,3-4,9-10,12H2,(H,23,25,29). The molecule has 0 atom stereocenters. The van der Waals surface area contributed by atoms with Crippen LogP contribution in [-0.2, 0) is 6.54 Å². The average Bonchev–Trinajstić information content (AvgIpc) is 3.57. The number of hydrogen-bond donors (Lipinski definition) is 1. The summed E-state index contributed by atoms with van der Waals surface area (Å²) in [6.07, 6.45) is 1.94. The van der Waals surface area contributed by atoms with E-state index in [0.717, 1.165) is 42.2 Å². The van der Waals surface area contributed by atoms with Crippen molar-refractivity contribution in [2.45, 2.75) is 19.4 Å². The molecule has 0 radical (unpaired) electrons. The van der Waals surface area contributed by atoms with Crippen molar-refractivity contribution in [3.8, 4) is 0 Å². The van der Waals surface area contributed by atoms with Gasteiger partial charge in [-0.15, -0.1) is 10.2 Å². The molecule has 34 heavy (non-hydrogen) atoms. The molecule has 2 aliphatic rings. The molecule has 1 aromatic heterocycles. The fraction of sp³-hybridized carbons (Fsp3) is 0.227. The minimum Gasteiger partial charge on any atom is -0.366 e. The van der Waals surface area contributed by atoms with Gasteiger partial charge in [-0.3, -0.25) is 34.7 Å². The van der Waals surface area contributed by atoms with E-state index in [1.807, 2.05) is 4.90 Å².